The Kier molecular flexibility index (Phi) is 3.04. The Morgan fingerprint density at radius 3 is 1.71 bits per heavy atom. The molecule has 0 saturated heterocycles. The molecule has 0 aliphatic heterocycles. The van der Waals surface area contributed by atoms with Crippen molar-refractivity contribution in [3.63, 3.8) is 0 Å². The summed E-state index contributed by atoms with van der Waals surface area (Å²) >= 11 is 2.23. The van der Waals surface area contributed by atoms with Crippen molar-refractivity contribution in [1.82, 2.24) is 0 Å². The zero-order valence-corrected chi connectivity index (χ0v) is 5.91. The zero-order chi connectivity index (χ0) is 5.91. The van der Waals surface area contributed by atoms with Gasteiger partial charge in [-0.1, -0.05) is 0 Å². The number of hydrogen-bond donors (Lipinski definition) is 0. The van der Waals surface area contributed by atoms with Crippen LogP contribution in [0.2, 0.25) is 5.09 Å². The van der Waals surface area contributed by atoms with Gasteiger partial charge in [-0.2, -0.15) is 0 Å². The van der Waals surface area contributed by atoms with E-state index in [-0.39, 0.29) is 0 Å². The third kappa shape index (κ3) is 6.60. The molecule has 0 N–H and O–H groups in total. The second-order valence-corrected chi connectivity index (χ2v) is 3.31. The van der Waals surface area contributed by atoms with E-state index >= 15 is 0 Å². The molecule has 0 saturated carbocycles. The van der Waals surface area contributed by atoms with Crippen molar-refractivity contribution in [2.45, 2.75) is 32.3 Å². The molecule has 0 radical (unpaired) electrons. The van der Waals surface area contributed by atoms with Crippen molar-refractivity contribution in [3.05, 3.63) is 0 Å². The van der Waals surface area contributed by atoms with Gasteiger partial charge in [-0.25, -0.2) is 0 Å². The van der Waals surface area contributed by atoms with Crippen molar-refractivity contribution in [2.24, 2.45) is 5.41 Å². The summed E-state index contributed by atoms with van der Waals surface area (Å²) in [5.74, 6) is 0. The van der Waals surface area contributed by atoms with Crippen LogP contribution in [0.1, 0.15) is 27.2 Å². The average molecular weight is 92.1 g/mol. The maximum absolute atomic E-state index is 2.27. The van der Waals surface area contributed by atoms with Crippen LogP contribution < -0.4 is 0 Å². The molecule has 0 amide bonds. The molecule has 0 rings (SSSR count). The van der Waals surface area contributed by atoms with Gasteiger partial charge in [-0.3, -0.25) is 0 Å². The van der Waals surface area contributed by atoms with Gasteiger partial charge in [0.2, 0.25) is 0 Å². The molecular weight excluding hydrogens is 79.0 g/mol. The average Bonchev–Trinajstić information content (AvgIpc) is 1.30. The normalized spacial score (nSPS) is 12.1. The summed E-state index contributed by atoms with van der Waals surface area (Å²) in [6.07, 6.45) is 1.34. The molecule has 7 heavy (non-hydrogen) atoms. The zero-order valence-electron chi connectivity index (χ0n) is 5.91. The van der Waals surface area contributed by atoms with E-state index < -0.39 is 0 Å². The van der Waals surface area contributed by atoms with Crippen molar-refractivity contribution >= 4 is 17.7 Å². The predicted molar refractivity (Wildman–Crippen MR) is 34.6 cm³/mol. The molecule has 0 aromatic rings. The summed E-state index contributed by atoms with van der Waals surface area (Å²) in [5, 5.41) is 1.31. The summed E-state index contributed by atoms with van der Waals surface area (Å²) < 4.78 is 0. The molecule has 38 valence electrons. The molecule has 1 heteroatoms. The van der Waals surface area contributed by atoms with Gasteiger partial charge in [0.15, 0.2) is 0 Å². The second kappa shape index (κ2) is 2.80. The van der Waals surface area contributed by atoms with Crippen LogP contribution in [0.15, 0.2) is 0 Å². The monoisotopic (exact) mass is 92.1 g/mol. The molecule has 0 atom stereocenters. The van der Waals surface area contributed by atoms with Gasteiger partial charge >= 0.3 is 55.4 Å². The van der Waals surface area contributed by atoms with E-state index in [1.807, 2.05) is 0 Å². The molecule has 0 aromatic heterocycles. The van der Waals surface area contributed by atoms with Gasteiger partial charge in [0.05, 0.1) is 0 Å². The van der Waals surface area contributed by atoms with E-state index in [1.165, 1.54) is 11.5 Å². The molecule has 0 bridgehead atoms. The Bertz CT molecular complexity index is 42.6. The Balaban J connectivity index is 3.15. The third-order valence-electron chi connectivity index (χ3n) is 1.000. The van der Waals surface area contributed by atoms with Gasteiger partial charge in [-0.05, 0) is 0 Å². The Morgan fingerprint density at radius 2 is 1.71 bits per heavy atom. The SMILES string of the molecule is [Li][CH2]CC(C)(C)C. The number of hydrogen-bond acceptors (Lipinski definition) is 0. The Morgan fingerprint density at radius 1 is 1.29 bits per heavy atom. The standard InChI is InChI=1S/C6H13.Li/c1-5-6(2,3)4;/h1,5H2,2-4H3;. The summed E-state index contributed by atoms with van der Waals surface area (Å²) in [6.45, 7) is 6.82. The van der Waals surface area contributed by atoms with Gasteiger partial charge in [0.1, 0.15) is 0 Å². The fourth-order valence-electron chi connectivity index (χ4n) is 0.750. The van der Waals surface area contributed by atoms with Crippen LogP contribution in [0.3, 0.4) is 0 Å². The van der Waals surface area contributed by atoms with Gasteiger partial charge in [-0.15, -0.1) is 0 Å². The van der Waals surface area contributed by atoms with Crippen LogP contribution in [0.4, 0.5) is 0 Å². The van der Waals surface area contributed by atoms with Crippen molar-refractivity contribution in [2.75, 3.05) is 0 Å². The predicted octanol–water partition coefficient (Wildman–Crippen LogP) is 2.01. The molecule has 0 aliphatic rings. The minimum atomic E-state index is 0.550. The van der Waals surface area contributed by atoms with Crippen molar-refractivity contribution in [1.29, 1.82) is 0 Å². The fraction of sp³-hybridized carbons (Fsp3) is 1.00. The Labute approximate surface area is 55.9 Å². The van der Waals surface area contributed by atoms with Crippen LogP contribution in [-0.4, -0.2) is 17.7 Å². The van der Waals surface area contributed by atoms with Gasteiger partial charge < -0.3 is 0 Å². The molecule has 0 unspecified atom stereocenters. The van der Waals surface area contributed by atoms with E-state index in [9.17, 15) is 0 Å². The molecular formula is C6H13Li. The first-order valence-corrected chi connectivity index (χ1v) is 3.06. The van der Waals surface area contributed by atoms with Gasteiger partial charge in [0.25, 0.3) is 0 Å². The Hall–Kier alpha value is 0.597. The first-order chi connectivity index (χ1) is 3.06. The quantitative estimate of drug-likeness (QED) is 0.434. The molecule has 0 fully saturated rings. The summed E-state index contributed by atoms with van der Waals surface area (Å²) in [4.78, 5) is 0. The van der Waals surface area contributed by atoms with Gasteiger partial charge in [0, 0.05) is 0 Å². The van der Waals surface area contributed by atoms with Crippen LogP contribution in [0, 0.1) is 5.41 Å². The van der Waals surface area contributed by atoms with E-state index in [0.717, 1.165) is 0 Å². The number of rotatable bonds is 1. The molecule has 0 aromatic carbocycles. The molecule has 0 heterocycles. The first-order valence-electron chi connectivity index (χ1n) is 3.06. The molecule has 0 spiro atoms. The van der Waals surface area contributed by atoms with Crippen LogP contribution in [-0.2, 0) is 0 Å². The van der Waals surface area contributed by atoms with Crippen LogP contribution in [0.25, 0.3) is 0 Å². The van der Waals surface area contributed by atoms with Crippen LogP contribution >= 0.6 is 0 Å². The topological polar surface area (TPSA) is 0 Å². The summed E-state index contributed by atoms with van der Waals surface area (Å²) in [6, 6.07) is 0. The van der Waals surface area contributed by atoms with E-state index in [4.69, 9.17) is 0 Å². The van der Waals surface area contributed by atoms with Crippen LogP contribution in [0.5, 0.6) is 0 Å². The second-order valence-electron chi connectivity index (χ2n) is 3.31. The molecule has 0 nitrogen and oxygen atoms in total. The third-order valence-corrected chi connectivity index (χ3v) is 1.000. The van der Waals surface area contributed by atoms with Crippen molar-refractivity contribution < 1.29 is 0 Å². The minimum absolute atomic E-state index is 0.550. The fourth-order valence-corrected chi connectivity index (χ4v) is 0.750. The first kappa shape index (κ1) is 7.60. The molecule has 0 aliphatic carbocycles. The van der Waals surface area contributed by atoms with Crippen molar-refractivity contribution in [3.8, 4) is 0 Å². The van der Waals surface area contributed by atoms with E-state index in [2.05, 4.69) is 38.5 Å². The summed E-state index contributed by atoms with van der Waals surface area (Å²) in [7, 11) is 0. The van der Waals surface area contributed by atoms with E-state index in [0.29, 0.717) is 5.41 Å². The maximum atomic E-state index is 2.27. The summed E-state index contributed by atoms with van der Waals surface area (Å²) in [5.41, 5.74) is 0.550. The van der Waals surface area contributed by atoms with E-state index in [1.54, 1.807) is 0 Å².